The molecule has 2 fully saturated rings. The van der Waals surface area contributed by atoms with Crippen LogP contribution in [0.4, 0.5) is 0 Å². The van der Waals surface area contributed by atoms with Gasteiger partial charge in [-0.3, -0.25) is 9.59 Å². The van der Waals surface area contributed by atoms with Crippen LogP contribution in [0.2, 0.25) is 0 Å². The van der Waals surface area contributed by atoms with E-state index in [0.29, 0.717) is 0 Å². The van der Waals surface area contributed by atoms with Crippen LogP contribution >= 0.6 is 0 Å². The van der Waals surface area contributed by atoms with E-state index in [1.54, 1.807) is 55.4 Å². The van der Waals surface area contributed by atoms with E-state index >= 15 is 0 Å². The van der Waals surface area contributed by atoms with Crippen LogP contribution in [0.15, 0.2) is 0 Å². The molecule has 0 spiro atoms. The summed E-state index contributed by atoms with van der Waals surface area (Å²) in [6, 6.07) is 0. The van der Waals surface area contributed by atoms with Crippen LogP contribution in [0.3, 0.4) is 0 Å². The van der Waals surface area contributed by atoms with Gasteiger partial charge < -0.3 is 32.1 Å². The van der Waals surface area contributed by atoms with Crippen molar-refractivity contribution < 1.29 is 47.0 Å². The quantitative estimate of drug-likeness (QED) is 0.454. The largest absolute Gasteiger partial charge is 2.00 e. The van der Waals surface area contributed by atoms with Crippen molar-refractivity contribution in [3.63, 3.8) is 0 Å². The molecule has 0 aliphatic carbocycles. The number of nitrogens with zero attached hydrogens (tertiary/aromatic N) is 2. The third kappa shape index (κ3) is 6.17. The molecule has 2 saturated heterocycles. The van der Waals surface area contributed by atoms with E-state index in [0.717, 1.165) is 0 Å². The van der Waals surface area contributed by atoms with E-state index in [1.165, 1.54) is 10.1 Å². The van der Waals surface area contributed by atoms with Crippen LogP contribution < -0.4 is 0 Å². The van der Waals surface area contributed by atoms with Crippen molar-refractivity contribution in [2.45, 2.75) is 114 Å². The van der Waals surface area contributed by atoms with Crippen LogP contribution in [0.1, 0.15) is 81.1 Å². The summed E-state index contributed by atoms with van der Waals surface area (Å²) in [5, 5.41) is 40.3. The molecule has 11 heteroatoms. The second kappa shape index (κ2) is 8.86. The minimum Gasteiger partial charge on any atom is -0.662 e. The minimum absolute atomic E-state index is 0. The summed E-state index contributed by atoms with van der Waals surface area (Å²) < 4.78 is 0. The SMILES string of the molecule is CC1(C)CC([NH-])(C(=O)O)CC(C)(C)N1O.CC1(C)CC([NH-])(C(=O)O)CC(C)(C)N1O.[Co+2]. The maximum absolute atomic E-state index is 11.1. The molecular weight excluding hydrogens is 451 g/mol. The Bertz CT molecular complexity index is 601. The Labute approximate surface area is 195 Å². The molecule has 6 N–H and O–H groups in total. The van der Waals surface area contributed by atoms with Gasteiger partial charge in [-0.1, -0.05) is 0 Å². The predicted octanol–water partition coefficient (Wildman–Crippen LogP) is 3.81. The van der Waals surface area contributed by atoms with Gasteiger partial charge in [-0.2, -0.15) is 10.1 Å². The first kappa shape index (κ1) is 30.2. The second-order valence-electron chi connectivity index (χ2n) is 11.4. The van der Waals surface area contributed by atoms with Gasteiger partial charge in [0.2, 0.25) is 0 Å². The maximum Gasteiger partial charge on any atom is 2.00 e. The molecule has 0 unspecified atom stereocenters. The molecule has 0 aromatic rings. The first-order valence-electron chi connectivity index (χ1n) is 9.98. The van der Waals surface area contributed by atoms with Gasteiger partial charge in [-0.25, -0.2) is 0 Å². The van der Waals surface area contributed by atoms with Crippen molar-refractivity contribution >= 4 is 11.9 Å². The summed E-state index contributed by atoms with van der Waals surface area (Å²) in [5.41, 5.74) is 10.1. The molecule has 2 rings (SSSR count). The number of carbonyl (C=O) groups is 2. The Morgan fingerprint density at radius 3 is 0.903 bits per heavy atom. The van der Waals surface area contributed by atoms with E-state index in [4.69, 9.17) is 21.7 Å². The fourth-order valence-corrected chi connectivity index (χ4v) is 5.32. The number of piperidine rings is 2. The van der Waals surface area contributed by atoms with Gasteiger partial charge >= 0.3 is 16.8 Å². The van der Waals surface area contributed by atoms with Gasteiger partial charge in [0.15, 0.2) is 0 Å². The average Bonchev–Trinajstić information content (AvgIpc) is 2.49. The van der Waals surface area contributed by atoms with Crippen molar-refractivity contribution in [1.29, 1.82) is 0 Å². The first-order chi connectivity index (χ1) is 13.0. The molecule has 2 heterocycles. The summed E-state index contributed by atoms with van der Waals surface area (Å²) in [6.07, 6.45) is 0.481. The van der Waals surface area contributed by atoms with Crippen LogP contribution in [-0.4, -0.2) is 75.9 Å². The van der Waals surface area contributed by atoms with E-state index < -0.39 is 45.2 Å². The van der Waals surface area contributed by atoms with E-state index in [1.807, 2.05) is 0 Å². The average molecular weight is 489 g/mol. The number of nitrogens with one attached hydrogen (secondary N) is 2. The van der Waals surface area contributed by atoms with Gasteiger partial charge in [0.1, 0.15) is 0 Å². The van der Waals surface area contributed by atoms with E-state index in [9.17, 15) is 20.0 Å². The molecule has 0 aromatic heterocycles. The van der Waals surface area contributed by atoms with E-state index in [2.05, 4.69) is 0 Å². The third-order valence-corrected chi connectivity index (χ3v) is 6.05. The molecule has 183 valence electrons. The zero-order chi connectivity index (χ0) is 24.1. The van der Waals surface area contributed by atoms with Crippen molar-refractivity contribution in [3.05, 3.63) is 11.5 Å². The Morgan fingerprint density at radius 2 is 0.774 bits per heavy atom. The number of carboxylic acid groups (broad SMARTS) is 2. The Balaban J connectivity index is 0.000000562. The molecule has 0 atom stereocenters. The van der Waals surface area contributed by atoms with Gasteiger partial charge in [0, 0.05) is 22.2 Å². The molecule has 1 radical (unpaired) electrons. The molecule has 2 aliphatic heterocycles. The van der Waals surface area contributed by atoms with Crippen LogP contribution in [-0.2, 0) is 26.4 Å². The van der Waals surface area contributed by atoms with Crippen LogP contribution in [0.25, 0.3) is 11.5 Å². The Kier molecular flexibility index (Phi) is 8.64. The molecule has 10 nitrogen and oxygen atoms in total. The summed E-state index contributed by atoms with van der Waals surface area (Å²) in [6.45, 7) is 14.0. The second-order valence-corrected chi connectivity index (χ2v) is 11.4. The van der Waals surface area contributed by atoms with Gasteiger partial charge in [-0.15, -0.1) is 0 Å². The fraction of sp³-hybridized carbons (Fsp3) is 0.900. The molecule has 0 aromatic carbocycles. The predicted molar refractivity (Wildman–Crippen MR) is 111 cm³/mol. The molecule has 2 aliphatic rings. The van der Waals surface area contributed by atoms with Gasteiger partial charge in [0.05, 0.1) is 0 Å². The molecule has 31 heavy (non-hydrogen) atoms. The van der Waals surface area contributed by atoms with Crippen molar-refractivity contribution in [1.82, 2.24) is 10.1 Å². The summed E-state index contributed by atoms with van der Waals surface area (Å²) in [7, 11) is 0. The molecular formula is C20H38CoN4O6. The van der Waals surface area contributed by atoms with Crippen molar-refractivity contribution in [2.24, 2.45) is 0 Å². The summed E-state index contributed by atoms with van der Waals surface area (Å²) in [4.78, 5) is 22.1. The topological polar surface area (TPSA) is 169 Å². The molecule has 0 bridgehead atoms. The van der Waals surface area contributed by atoms with E-state index in [-0.39, 0.29) is 42.5 Å². The zero-order valence-electron chi connectivity index (χ0n) is 19.7. The zero-order valence-corrected chi connectivity index (χ0v) is 20.7. The third-order valence-electron chi connectivity index (χ3n) is 6.05. The van der Waals surface area contributed by atoms with Gasteiger partial charge in [0.25, 0.3) is 11.9 Å². The number of rotatable bonds is 2. The smallest absolute Gasteiger partial charge is 0.662 e. The fourth-order valence-electron chi connectivity index (χ4n) is 5.32. The summed E-state index contributed by atoms with van der Waals surface area (Å²) in [5.74, 6) is -2.23. The number of hydroxylamine groups is 4. The van der Waals surface area contributed by atoms with Crippen LogP contribution in [0.5, 0.6) is 0 Å². The van der Waals surface area contributed by atoms with Crippen molar-refractivity contribution in [2.75, 3.05) is 0 Å². The monoisotopic (exact) mass is 489 g/mol. The number of carboxylic acids is 2. The summed E-state index contributed by atoms with van der Waals surface area (Å²) >= 11 is 0. The standard InChI is InChI=1S/2C10H19N2O3.Co/c2*1-8(2)5-10(11,7(13)14)6-9(3,4)12(8)15;/h2*11,15H,5-6H2,1-4H3,(H,13,14);/q2*-1;+2. The molecule has 0 amide bonds. The Morgan fingerprint density at radius 1 is 0.613 bits per heavy atom. The first-order valence-corrected chi connectivity index (χ1v) is 9.98. The van der Waals surface area contributed by atoms with Crippen molar-refractivity contribution in [3.8, 4) is 0 Å². The number of aliphatic carboxylic acids is 2. The number of hydrogen-bond acceptors (Lipinski definition) is 6. The molecule has 0 saturated carbocycles. The number of hydrogen-bond donors (Lipinski definition) is 4. The van der Waals surface area contributed by atoms with Crippen LogP contribution in [0, 0.1) is 0 Å². The normalized spacial score (nSPS) is 27.7. The Hall–Kier alpha value is -0.794. The maximum atomic E-state index is 11.1. The minimum atomic E-state index is -1.51. The van der Waals surface area contributed by atoms with Gasteiger partial charge in [-0.05, 0) is 92.2 Å².